The van der Waals surface area contributed by atoms with Gasteiger partial charge in [-0.2, -0.15) is 0 Å². The number of carbonyl (C=O) groups is 1. The molecule has 1 aliphatic heterocycles. The van der Waals surface area contributed by atoms with E-state index in [2.05, 4.69) is 17.1 Å². The zero-order valence-electron chi connectivity index (χ0n) is 13.1. The maximum absolute atomic E-state index is 12.1. The number of hydrogen-bond donors (Lipinski definition) is 2. The topological polar surface area (TPSA) is 52.6 Å². The summed E-state index contributed by atoms with van der Waals surface area (Å²) in [7, 11) is 0. The second-order valence-corrected chi connectivity index (χ2v) is 6.39. The van der Waals surface area contributed by atoms with Crippen molar-refractivity contribution in [3.05, 3.63) is 34.9 Å². The molecule has 1 heterocycles. The Bertz CT molecular complexity index is 478. The average molecular weight is 325 g/mol. The minimum atomic E-state index is -0.547. The number of piperidine rings is 1. The van der Waals surface area contributed by atoms with Crippen molar-refractivity contribution < 1.29 is 9.90 Å². The van der Waals surface area contributed by atoms with Gasteiger partial charge in [-0.1, -0.05) is 30.7 Å². The fraction of sp³-hybridized carbons (Fsp3) is 0.588. The first-order chi connectivity index (χ1) is 10.6. The van der Waals surface area contributed by atoms with Crippen LogP contribution in [0.2, 0.25) is 5.02 Å². The van der Waals surface area contributed by atoms with E-state index in [1.165, 1.54) is 0 Å². The molecule has 4 nitrogen and oxygen atoms in total. The summed E-state index contributed by atoms with van der Waals surface area (Å²) in [6.45, 7) is 5.00. The van der Waals surface area contributed by atoms with Crippen LogP contribution >= 0.6 is 11.6 Å². The number of nitrogens with zero attached hydrogens (tertiary/aromatic N) is 1. The third-order valence-electron chi connectivity index (χ3n) is 4.11. The van der Waals surface area contributed by atoms with Gasteiger partial charge in [0.15, 0.2) is 0 Å². The third-order valence-corrected chi connectivity index (χ3v) is 4.36. The predicted molar refractivity (Wildman–Crippen MR) is 88.9 cm³/mol. The molecule has 1 aliphatic rings. The molecular formula is C17H25ClN2O2. The average Bonchev–Trinajstić information content (AvgIpc) is 2.53. The van der Waals surface area contributed by atoms with Crippen LogP contribution in [-0.2, 0) is 4.79 Å². The molecule has 2 rings (SSSR count). The van der Waals surface area contributed by atoms with Gasteiger partial charge < -0.3 is 10.4 Å². The van der Waals surface area contributed by atoms with Crippen molar-refractivity contribution in [2.75, 3.05) is 26.2 Å². The summed E-state index contributed by atoms with van der Waals surface area (Å²) < 4.78 is 0. The summed E-state index contributed by atoms with van der Waals surface area (Å²) in [6, 6.07) is 7.28. The molecule has 1 aromatic carbocycles. The van der Waals surface area contributed by atoms with Crippen LogP contribution < -0.4 is 5.32 Å². The first-order valence-corrected chi connectivity index (χ1v) is 8.41. The molecule has 1 saturated heterocycles. The summed E-state index contributed by atoms with van der Waals surface area (Å²) in [5.74, 6) is 0.185. The molecule has 0 radical (unpaired) electrons. The van der Waals surface area contributed by atoms with E-state index in [4.69, 9.17) is 11.6 Å². The number of likely N-dealkylation sites (tertiary alicyclic amines) is 1. The van der Waals surface area contributed by atoms with E-state index in [-0.39, 0.29) is 11.8 Å². The second kappa shape index (κ2) is 8.51. The van der Waals surface area contributed by atoms with Crippen molar-refractivity contribution >= 4 is 17.5 Å². The summed E-state index contributed by atoms with van der Waals surface area (Å²) >= 11 is 5.87. The molecule has 0 bridgehead atoms. The number of rotatable bonds is 6. The quantitative estimate of drug-likeness (QED) is 0.845. The molecule has 5 heteroatoms. The van der Waals surface area contributed by atoms with Gasteiger partial charge in [-0.05, 0) is 43.5 Å². The van der Waals surface area contributed by atoms with Crippen LogP contribution in [0.4, 0.5) is 0 Å². The highest BCUT2D eigenvalue weighted by Gasteiger charge is 2.26. The van der Waals surface area contributed by atoms with E-state index in [1.54, 1.807) is 12.1 Å². The number of β-amino-alcohol motifs (C(OH)–C–C–N with tert-alkyl or cyclic N) is 1. The fourth-order valence-electron chi connectivity index (χ4n) is 2.86. The molecule has 0 unspecified atom stereocenters. The zero-order valence-corrected chi connectivity index (χ0v) is 13.9. The second-order valence-electron chi connectivity index (χ2n) is 5.96. The normalized spacial score (nSPS) is 20.6. The number of aliphatic hydroxyl groups excluding tert-OH is 1. The van der Waals surface area contributed by atoms with Crippen molar-refractivity contribution in [2.45, 2.75) is 32.3 Å². The minimum Gasteiger partial charge on any atom is -0.387 e. The smallest absolute Gasteiger partial charge is 0.224 e. The first-order valence-electron chi connectivity index (χ1n) is 8.03. The Morgan fingerprint density at radius 1 is 1.45 bits per heavy atom. The van der Waals surface area contributed by atoms with Gasteiger partial charge in [-0.25, -0.2) is 0 Å². The Balaban J connectivity index is 1.86. The fourth-order valence-corrected chi connectivity index (χ4v) is 2.99. The Labute approximate surface area is 137 Å². The summed E-state index contributed by atoms with van der Waals surface area (Å²) in [6.07, 6.45) is 2.34. The lowest BCUT2D eigenvalue weighted by Gasteiger charge is -2.33. The van der Waals surface area contributed by atoms with Crippen LogP contribution in [0, 0.1) is 5.92 Å². The van der Waals surface area contributed by atoms with Gasteiger partial charge in [0, 0.05) is 24.7 Å². The largest absolute Gasteiger partial charge is 0.387 e. The van der Waals surface area contributed by atoms with Crippen LogP contribution in [0.15, 0.2) is 24.3 Å². The SMILES string of the molecule is CCCNC(=O)[C@@H]1CCCN(C[C@@H](O)c2ccc(Cl)cc2)C1. The molecule has 1 aromatic rings. The Morgan fingerprint density at radius 2 is 2.18 bits per heavy atom. The van der Waals surface area contributed by atoms with Gasteiger partial charge in [0.25, 0.3) is 0 Å². The zero-order chi connectivity index (χ0) is 15.9. The van der Waals surface area contributed by atoms with E-state index in [9.17, 15) is 9.90 Å². The molecule has 1 fully saturated rings. The van der Waals surface area contributed by atoms with Crippen molar-refractivity contribution in [2.24, 2.45) is 5.92 Å². The van der Waals surface area contributed by atoms with Crippen LogP contribution in [0.3, 0.4) is 0 Å². The van der Waals surface area contributed by atoms with Gasteiger partial charge in [-0.3, -0.25) is 9.69 Å². The highest BCUT2D eigenvalue weighted by atomic mass is 35.5. The van der Waals surface area contributed by atoms with Gasteiger partial charge in [0.05, 0.1) is 12.0 Å². The van der Waals surface area contributed by atoms with Crippen molar-refractivity contribution in [3.8, 4) is 0 Å². The molecule has 2 N–H and O–H groups in total. The van der Waals surface area contributed by atoms with Gasteiger partial charge in [0.1, 0.15) is 0 Å². The standard InChI is InChI=1S/C17H25ClN2O2/c1-2-9-19-17(22)14-4-3-10-20(11-14)12-16(21)13-5-7-15(18)8-6-13/h5-8,14,16,21H,2-4,9-12H2,1H3,(H,19,22)/t14-,16-/m1/s1. The van der Waals surface area contributed by atoms with Gasteiger partial charge in [-0.15, -0.1) is 0 Å². The lowest BCUT2D eigenvalue weighted by atomic mass is 9.96. The lowest BCUT2D eigenvalue weighted by molar-refractivity contribution is -0.126. The van der Waals surface area contributed by atoms with Gasteiger partial charge >= 0.3 is 0 Å². The molecule has 0 saturated carbocycles. The third kappa shape index (κ3) is 4.97. The molecular weight excluding hydrogens is 300 g/mol. The van der Waals surface area contributed by atoms with Crippen molar-refractivity contribution in [1.82, 2.24) is 10.2 Å². The van der Waals surface area contributed by atoms with Gasteiger partial charge in [0.2, 0.25) is 5.91 Å². The Hall–Kier alpha value is -1.10. The number of aliphatic hydroxyl groups is 1. The number of hydrogen-bond acceptors (Lipinski definition) is 3. The lowest BCUT2D eigenvalue weighted by Crippen LogP contribution is -2.44. The molecule has 1 amide bonds. The number of amides is 1. The van der Waals surface area contributed by atoms with Crippen LogP contribution in [0.1, 0.15) is 37.9 Å². The predicted octanol–water partition coefficient (Wildman–Crippen LogP) is 2.61. The highest BCUT2D eigenvalue weighted by Crippen LogP contribution is 2.21. The van der Waals surface area contributed by atoms with Crippen LogP contribution in [0.5, 0.6) is 0 Å². The van der Waals surface area contributed by atoms with E-state index >= 15 is 0 Å². The first kappa shape index (κ1) is 17.3. The van der Waals surface area contributed by atoms with Crippen molar-refractivity contribution in [3.63, 3.8) is 0 Å². The van der Waals surface area contributed by atoms with E-state index in [0.717, 1.165) is 44.5 Å². The number of halogens is 1. The molecule has 0 aromatic heterocycles. The number of carbonyl (C=O) groups excluding carboxylic acids is 1. The van der Waals surface area contributed by atoms with E-state index in [0.29, 0.717) is 11.6 Å². The Kier molecular flexibility index (Phi) is 6.68. The highest BCUT2D eigenvalue weighted by molar-refractivity contribution is 6.30. The van der Waals surface area contributed by atoms with E-state index in [1.807, 2.05) is 12.1 Å². The molecule has 22 heavy (non-hydrogen) atoms. The summed E-state index contributed by atoms with van der Waals surface area (Å²) in [5, 5.41) is 14.0. The van der Waals surface area contributed by atoms with Crippen molar-refractivity contribution in [1.29, 1.82) is 0 Å². The summed E-state index contributed by atoms with van der Waals surface area (Å²) in [5.41, 5.74) is 0.863. The monoisotopic (exact) mass is 324 g/mol. The Morgan fingerprint density at radius 3 is 2.86 bits per heavy atom. The maximum atomic E-state index is 12.1. The minimum absolute atomic E-state index is 0.0396. The maximum Gasteiger partial charge on any atom is 0.224 e. The molecule has 0 spiro atoms. The molecule has 2 atom stereocenters. The molecule has 122 valence electrons. The molecule has 0 aliphatic carbocycles. The number of benzene rings is 1. The number of nitrogens with one attached hydrogen (secondary N) is 1. The van der Waals surface area contributed by atoms with Crippen LogP contribution in [0.25, 0.3) is 0 Å². The van der Waals surface area contributed by atoms with E-state index < -0.39 is 6.10 Å². The van der Waals surface area contributed by atoms with Crippen LogP contribution in [-0.4, -0.2) is 42.1 Å². The summed E-state index contributed by atoms with van der Waals surface area (Å²) in [4.78, 5) is 14.3.